The van der Waals surface area contributed by atoms with E-state index in [1.807, 2.05) is 0 Å². The lowest BCUT2D eigenvalue weighted by Gasteiger charge is -2.14. The molecule has 15 heavy (non-hydrogen) atoms. The molecule has 0 aromatic rings. The molecule has 2 unspecified atom stereocenters. The summed E-state index contributed by atoms with van der Waals surface area (Å²) in [6.45, 7) is 4.39. The number of carboxylic acids is 1. The van der Waals surface area contributed by atoms with Gasteiger partial charge in [0.1, 0.15) is 6.04 Å². The molecule has 4 heteroatoms. The van der Waals surface area contributed by atoms with Gasteiger partial charge in [0.05, 0.1) is 0 Å². The fourth-order valence-electron chi connectivity index (χ4n) is 1.33. The zero-order valence-corrected chi connectivity index (χ0v) is 10.6. The minimum absolute atomic E-state index is 0.526. The minimum Gasteiger partial charge on any atom is -0.480 e. The highest BCUT2D eigenvalue weighted by atomic mass is 32.2. The Bertz CT molecular complexity index is 176. The van der Waals surface area contributed by atoms with E-state index < -0.39 is 12.0 Å². The van der Waals surface area contributed by atoms with E-state index in [-0.39, 0.29) is 0 Å². The van der Waals surface area contributed by atoms with Crippen LogP contribution in [-0.2, 0) is 4.79 Å². The van der Waals surface area contributed by atoms with Gasteiger partial charge >= 0.3 is 5.97 Å². The second-order valence-electron chi connectivity index (χ2n) is 3.90. The van der Waals surface area contributed by atoms with Crippen LogP contribution in [0.1, 0.15) is 39.5 Å². The maximum absolute atomic E-state index is 10.5. The molecule has 0 heterocycles. The zero-order chi connectivity index (χ0) is 11.7. The third-order valence-corrected chi connectivity index (χ3v) is 3.81. The number of carbonyl (C=O) groups is 1. The molecule has 0 saturated heterocycles. The maximum Gasteiger partial charge on any atom is 0.321 e. The van der Waals surface area contributed by atoms with Gasteiger partial charge in [-0.15, -0.1) is 0 Å². The number of nitrogens with two attached hydrogens (primary N) is 1. The summed E-state index contributed by atoms with van der Waals surface area (Å²) in [4.78, 5) is 10.5. The average Bonchev–Trinajstić information content (AvgIpc) is 2.22. The molecule has 3 N–H and O–H groups in total. The molecule has 0 radical (unpaired) electrons. The van der Waals surface area contributed by atoms with E-state index in [9.17, 15) is 4.79 Å². The van der Waals surface area contributed by atoms with Crippen molar-refractivity contribution >= 4 is 17.7 Å². The molecule has 0 saturated carbocycles. The second-order valence-corrected chi connectivity index (χ2v) is 4.97. The Balaban J connectivity index is 3.57. The van der Waals surface area contributed by atoms with Crippen LogP contribution in [0.15, 0.2) is 0 Å². The molecule has 0 bridgehead atoms. The van der Waals surface area contributed by atoms with Crippen LogP contribution in [0.3, 0.4) is 0 Å². The summed E-state index contributed by atoms with van der Waals surface area (Å²) in [7, 11) is 0. The summed E-state index contributed by atoms with van der Waals surface area (Å²) in [5, 5.41) is 8.61. The van der Waals surface area contributed by atoms with Crippen LogP contribution in [0.25, 0.3) is 0 Å². The molecule has 2 atom stereocenters. The van der Waals surface area contributed by atoms with Gasteiger partial charge in [0.25, 0.3) is 0 Å². The Morgan fingerprint density at radius 1 is 1.40 bits per heavy atom. The normalized spacial score (nSPS) is 14.9. The van der Waals surface area contributed by atoms with Crippen molar-refractivity contribution in [1.29, 1.82) is 0 Å². The number of thioether (sulfide) groups is 1. The molecule has 0 amide bonds. The van der Waals surface area contributed by atoms with E-state index in [4.69, 9.17) is 10.8 Å². The van der Waals surface area contributed by atoms with Crippen LogP contribution in [0.5, 0.6) is 0 Å². The predicted octanol–water partition coefficient (Wildman–Crippen LogP) is 2.35. The quantitative estimate of drug-likeness (QED) is 0.641. The largest absolute Gasteiger partial charge is 0.480 e. The lowest BCUT2D eigenvalue weighted by atomic mass is 10.0. The molecule has 0 fully saturated rings. The lowest BCUT2D eigenvalue weighted by molar-refractivity contribution is -0.137. The standard InChI is InChI=1S/C11H23NO2S/c1-3-5-6-9(4-2)7-15-8-10(12)11(13)14/h9-10H,3-8,12H2,1-2H3,(H,13,14). The van der Waals surface area contributed by atoms with Gasteiger partial charge < -0.3 is 10.8 Å². The highest BCUT2D eigenvalue weighted by molar-refractivity contribution is 7.99. The summed E-state index contributed by atoms with van der Waals surface area (Å²) >= 11 is 1.67. The Morgan fingerprint density at radius 3 is 2.53 bits per heavy atom. The summed E-state index contributed by atoms with van der Waals surface area (Å²) in [5.74, 6) is 1.38. The first kappa shape index (κ1) is 14.8. The van der Waals surface area contributed by atoms with Crippen molar-refractivity contribution in [1.82, 2.24) is 0 Å². The van der Waals surface area contributed by atoms with Gasteiger partial charge in [0.2, 0.25) is 0 Å². The van der Waals surface area contributed by atoms with Gasteiger partial charge in [-0.25, -0.2) is 0 Å². The van der Waals surface area contributed by atoms with Gasteiger partial charge in [-0.1, -0.05) is 33.1 Å². The van der Waals surface area contributed by atoms with E-state index in [0.717, 1.165) is 11.7 Å². The van der Waals surface area contributed by atoms with Gasteiger partial charge in [0, 0.05) is 5.75 Å². The summed E-state index contributed by atoms with van der Waals surface area (Å²) in [6.07, 6.45) is 4.93. The lowest BCUT2D eigenvalue weighted by Crippen LogP contribution is -2.32. The Morgan fingerprint density at radius 2 is 2.07 bits per heavy atom. The Labute approximate surface area is 96.8 Å². The van der Waals surface area contributed by atoms with Gasteiger partial charge in [-0.2, -0.15) is 11.8 Å². The molecule has 3 nitrogen and oxygen atoms in total. The predicted molar refractivity (Wildman–Crippen MR) is 66.2 cm³/mol. The third kappa shape index (κ3) is 7.68. The molecule has 0 aliphatic heterocycles. The SMILES string of the molecule is CCCCC(CC)CSCC(N)C(=O)O. The first-order valence-electron chi connectivity index (χ1n) is 5.67. The third-order valence-electron chi connectivity index (χ3n) is 2.51. The molecule has 0 aliphatic carbocycles. The Kier molecular flexibility index (Phi) is 8.91. The first-order chi connectivity index (χ1) is 7.11. The van der Waals surface area contributed by atoms with Crippen LogP contribution in [0, 0.1) is 5.92 Å². The average molecular weight is 233 g/mol. The first-order valence-corrected chi connectivity index (χ1v) is 6.83. The van der Waals surface area contributed by atoms with E-state index in [2.05, 4.69) is 13.8 Å². The van der Waals surface area contributed by atoms with Gasteiger partial charge in [-0.05, 0) is 18.1 Å². The van der Waals surface area contributed by atoms with Crippen molar-refractivity contribution in [3.05, 3.63) is 0 Å². The van der Waals surface area contributed by atoms with Crippen LogP contribution < -0.4 is 5.73 Å². The highest BCUT2D eigenvalue weighted by Gasteiger charge is 2.12. The topological polar surface area (TPSA) is 63.3 Å². The van der Waals surface area contributed by atoms with Crippen LogP contribution >= 0.6 is 11.8 Å². The summed E-state index contributed by atoms with van der Waals surface area (Å²) < 4.78 is 0. The van der Waals surface area contributed by atoms with Crippen molar-refractivity contribution in [2.75, 3.05) is 11.5 Å². The van der Waals surface area contributed by atoms with Crippen LogP contribution in [0.4, 0.5) is 0 Å². The maximum atomic E-state index is 10.5. The highest BCUT2D eigenvalue weighted by Crippen LogP contribution is 2.18. The molecule has 0 aliphatic rings. The van der Waals surface area contributed by atoms with E-state index in [0.29, 0.717) is 5.75 Å². The molecule has 90 valence electrons. The number of hydrogen-bond donors (Lipinski definition) is 2. The molecular formula is C11H23NO2S. The molecule has 0 aromatic carbocycles. The monoisotopic (exact) mass is 233 g/mol. The fourth-order valence-corrected chi connectivity index (χ4v) is 2.60. The van der Waals surface area contributed by atoms with Gasteiger partial charge in [0.15, 0.2) is 0 Å². The smallest absolute Gasteiger partial charge is 0.321 e. The summed E-state index contributed by atoms with van der Waals surface area (Å²) in [6, 6.07) is -0.710. The number of unbranched alkanes of at least 4 members (excludes halogenated alkanes) is 1. The van der Waals surface area contributed by atoms with E-state index >= 15 is 0 Å². The van der Waals surface area contributed by atoms with E-state index in [1.165, 1.54) is 25.7 Å². The van der Waals surface area contributed by atoms with Crippen molar-refractivity contribution in [3.63, 3.8) is 0 Å². The molecule has 0 spiro atoms. The zero-order valence-electron chi connectivity index (χ0n) is 9.74. The van der Waals surface area contributed by atoms with E-state index in [1.54, 1.807) is 11.8 Å². The second kappa shape index (κ2) is 9.04. The minimum atomic E-state index is -0.899. The molecule has 0 rings (SSSR count). The van der Waals surface area contributed by atoms with Crippen LogP contribution in [-0.4, -0.2) is 28.6 Å². The molecule has 0 aromatic heterocycles. The van der Waals surface area contributed by atoms with Crippen LogP contribution in [0.2, 0.25) is 0 Å². The Hall–Kier alpha value is -0.220. The van der Waals surface area contributed by atoms with Crippen molar-refractivity contribution in [2.24, 2.45) is 11.7 Å². The number of aliphatic carboxylic acids is 1. The van der Waals surface area contributed by atoms with Gasteiger partial charge in [-0.3, -0.25) is 4.79 Å². The number of rotatable bonds is 9. The van der Waals surface area contributed by atoms with Crippen molar-refractivity contribution < 1.29 is 9.90 Å². The molecular weight excluding hydrogens is 210 g/mol. The van der Waals surface area contributed by atoms with Crippen molar-refractivity contribution in [2.45, 2.75) is 45.6 Å². The number of carboxylic acid groups (broad SMARTS) is 1. The van der Waals surface area contributed by atoms with Crippen molar-refractivity contribution in [3.8, 4) is 0 Å². The summed E-state index contributed by atoms with van der Waals surface area (Å²) in [5.41, 5.74) is 5.42. The fraction of sp³-hybridized carbons (Fsp3) is 0.909. The number of hydrogen-bond acceptors (Lipinski definition) is 3.